The van der Waals surface area contributed by atoms with Gasteiger partial charge in [-0.25, -0.2) is 0 Å². The summed E-state index contributed by atoms with van der Waals surface area (Å²) in [5.74, 6) is 0.229. The van der Waals surface area contributed by atoms with Crippen LogP contribution in [0.4, 0.5) is 0 Å². The lowest BCUT2D eigenvalue weighted by atomic mass is 9.77. The molecule has 0 aromatic heterocycles. The van der Waals surface area contributed by atoms with Crippen molar-refractivity contribution in [1.82, 2.24) is 0 Å². The van der Waals surface area contributed by atoms with E-state index in [1.807, 2.05) is 48.5 Å². The lowest BCUT2D eigenvalue weighted by molar-refractivity contribution is -0.126. The first kappa shape index (κ1) is 12.1. The number of benzene rings is 2. The number of carbonyl (C=O) groups excluding carboxylic acids is 2. The van der Waals surface area contributed by atoms with Gasteiger partial charge in [0.1, 0.15) is 11.5 Å². The monoisotopic (exact) mass is 276 g/mol. The summed E-state index contributed by atoms with van der Waals surface area (Å²) in [6.45, 7) is 0. The van der Waals surface area contributed by atoms with Gasteiger partial charge in [-0.15, -0.1) is 0 Å². The Bertz CT molecular complexity index is 725. The molecule has 102 valence electrons. The Morgan fingerprint density at radius 1 is 0.667 bits per heavy atom. The summed E-state index contributed by atoms with van der Waals surface area (Å²) in [5.41, 5.74) is 1.79. The topological polar surface area (TPSA) is 43.4 Å². The number of fused-ring (bicyclic) bond motifs is 2. The molecule has 1 heterocycles. The molecule has 0 bridgehead atoms. The number of ketones is 2. The first-order valence-electron chi connectivity index (χ1n) is 6.87. The Hall–Kier alpha value is -2.68. The van der Waals surface area contributed by atoms with Gasteiger partial charge in [-0.05, 0) is 24.3 Å². The van der Waals surface area contributed by atoms with Crippen molar-refractivity contribution in [3.63, 3.8) is 0 Å². The van der Waals surface area contributed by atoms with E-state index in [-0.39, 0.29) is 17.5 Å². The minimum absolute atomic E-state index is 0.128. The van der Waals surface area contributed by atoms with E-state index in [9.17, 15) is 9.59 Å². The van der Waals surface area contributed by atoms with Crippen LogP contribution < -0.4 is 4.74 Å². The van der Waals surface area contributed by atoms with Crippen LogP contribution in [-0.2, 0) is 9.59 Å². The van der Waals surface area contributed by atoms with Crippen LogP contribution in [0.25, 0.3) is 0 Å². The van der Waals surface area contributed by atoms with E-state index in [2.05, 4.69) is 0 Å². The summed E-state index contributed by atoms with van der Waals surface area (Å²) in [5, 5.41) is 0. The van der Waals surface area contributed by atoms with Crippen molar-refractivity contribution < 1.29 is 14.3 Å². The van der Waals surface area contributed by atoms with Crippen molar-refractivity contribution in [2.24, 2.45) is 5.92 Å². The number of carbonyl (C=O) groups is 2. The molecule has 0 fully saturated rings. The van der Waals surface area contributed by atoms with Crippen LogP contribution in [0.2, 0.25) is 0 Å². The van der Waals surface area contributed by atoms with Gasteiger partial charge in [0.15, 0.2) is 11.6 Å². The highest BCUT2D eigenvalue weighted by Crippen LogP contribution is 2.48. The van der Waals surface area contributed by atoms with Crippen molar-refractivity contribution in [2.45, 2.75) is 5.92 Å². The van der Waals surface area contributed by atoms with Crippen LogP contribution in [0.1, 0.15) is 17.0 Å². The van der Waals surface area contributed by atoms with Crippen LogP contribution in [-0.4, -0.2) is 11.6 Å². The van der Waals surface area contributed by atoms with Gasteiger partial charge in [0, 0.05) is 17.0 Å². The number of allylic oxidation sites excluding steroid dienone is 2. The molecule has 2 aromatic rings. The molecule has 21 heavy (non-hydrogen) atoms. The Morgan fingerprint density at radius 2 is 1.14 bits per heavy atom. The number of hydrogen-bond acceptors (Lipinski definition) is 3. The summed E-state index contributed by atoms with van der Waals surface area (Å²) in [7, 11) is 0. The average Bonchev–Trinajstić information content (AvgIpc) is 2.84. The molecule has 4 rings (SSSR count). The molecular formula is C18H12O3. The van der Waals surface area contributed by atoms with Crippen molar-refractivity contribution in [2.75, 3.05) is 0 Å². The van der Waals surface area contributed by atoms with Gasteiger partial charge in [0.25, 0.3) is 0 Å². The average molecular weight is 276 g/mol. The van der Waals surface area contributed by atoms with Gasteiger partial charge in [0.2, 0.25) is 0 Å². The van der Waals surface area contributed by atoms with E-state index in [0.29, 0.717) is 11.5 Å². The zero-order chi connectivity index (χ0) is 14.4. The zero-order valence-electron chi connectivity index (χ0n) is 11.2. The minimum Gasteiger partial charge on any atom is -0.457 e. The lowest BCUT2D eigenvalue weighted by Gasteiger charge is -2.30. The van der Waals surface area contributed by atoms with Crippen LogP contribution in [0.5, 0.6) is 11.5 Å². The number of hydrogen-bond donors (Lipinski definition) is 0. The molecule has 3 nitrogen and oxygen atoms in total. The van der Waals surface area contributed by atoms with E-state index in [0.717, 1.165) is 11.1 Å². The van der Waals surface area contributed by atoms with E-state index in [1.165, 1.54) is 12.2 Å². The van der Waals surface area contributed by atoms with Gasteiger partial charge in [-0.3, -0.25) is 9.59 Å². The Morgan fingerprint density at radius 3 is 1.67 bits per heavy atom. The molecule has 3 heteroatoms. The second-order valence-electron chi connectivity index (χ2n) is 5.27. The van der Waals surface area contributed by atoms with Crippen molar-refractivity contribution in [3.05, 3.63) is 71.8 Å². The SMILES string of the molecule is O=C1C=CC(=O)C1C1c2ccccc2Oc2ccccc21. The second-order valence-corrected chi connectivity index (χ2v) is 5.27. The maximum atomic E-state index is 12.2. The van der Waals surface area contributed by atoms with Crippen molar-refractivity contribution in [1.29, 1.82) is 0 Å². The van der Waals surface area contributed by atoms with E-state index in [4.69, 9.17) is 4.74 Å². The highest BCUT2D eigenvalue weighted by molar-refractivity contribution is 6.19. The van der Waals surface area contributed by atoms with Crippen LogP contribution in [0, 0.1) is 5.92 Å². The molecule has 0 atom stereocenters. The molecule has 2 aromatic carbocycles. The predicted octanol–water partition coefficient (Wildman–Crippen LogP) is 3.25. The third kappa shape index (κ3) is 1.74. The summed E-state index contributed by atoms with van der Waals surface area (Å²) in [6, 6.07) is 15.2. The van der Waals surface area contributed by atoms with Gasteiger partial charge >= 0.3 is 0 Å². The largest absolute Gasteiger partial charge is 0.457 e. The maximum Gasteiger partial charge on any atom is 0.167 e. The molecule has 2 aliphatic rings. The third-order valence-electron chi connectivity index (χ3n) is 4.09. The summed E-state index contributed by atoms with van der Waals surface area (Å²) in [6.07, 6.45) is 2.77. The molecule has 0 spiro atoms. The van der Waals surface area contributed by atoms with Crippen molar-refractivity contribution >= 4 is 11.6 Å². The summed E-state index contributed by atoms with van der Waals surface area (Å²) >= 11 is 0. The Balaban J connectivity index is 1.94. The second kappa shape index (κ2) is 4.42. The molecule has 0 N–H and O–H groups in total. The summed E-state index contributed by atoms with van der Waals surface area (Å²) in [4.78, 5) is 24.3. The molecule has 0 radical (unpaired) electrons. The van der Waals surface area contributed by atoms with Crippen LogP contribution >= 0.6 is 0 Å². The highest BCUT2D eigenvalue weighted by atomic mass is 16.5. The van der Waals surface area contributed by atoms with E-state index >= 15 is 0 Å². The van der Waals surface area contributed by atoms with Crippen LogP contribution in [0.15, 0.2) is 60.7 Å². The quantitative estimate of drug-likeness (QED) is 0.751. The Labute approximate surface area is 121 Å². The minimum atomic E-state index is -0.670. The number of rotatable bonds is 1. The van der Waals surface area contributed by atoms with Gasteiger partial charge in [-0.2, -0.15) is 0 Å². The third-order valence-corrected chi connectivity index (χ3v) is 4.09. The fraction of sp³-hybridized carbons (Fsp3) is 0.111. The van der Waals surface area contributed by atoms with Crippen LogP contribution in [0.3, 0.4) is 0 Å². The normalized spacial score (nSPS) is 17.5. The highest BCUT2D eigenvalue weighted by Gasteiger charge is 2.41. The molecule has 0 saturated heterocycles. The van der Waals surface area contributed by atoms with Gasteiger partial charge < -0.3 is 4.74 Å². The standard InChI is InChI=1S/C18H12O3/c19-13-9-10-14(20)18(13)17-11-5-1-3-7-15(11)21-16-8-4-2-6-12(16)17/h1-10,17-18H. The van der Waals surface area contributed by atoms with E-state index in [1.54, 1.807) is 0 Å². The number of ether oxygens (including phenoxy) is 1. The Kier molecular flexibility index (Phi) is 2.54. The molecule has 0 unspecified atom stereocenters. The fourth-order valence-electron chi connectivity index (χ4n) is 3.15. The zero-order valence-corrected chi connectivity index (χ0v) is 11.2. The smallest absolute Gasteiger partial charge is 0.167 e. The molecule has 0 amide bonds. The van der Waals surface area contributed by atoms with Gasteiger partial charge in [0.05, 0.1) is 5.92 Å². The van der Waals surface area contributed by atoms with Crippen molar-refractivity contribution in [3.8, 4) is 11.5 Å². The van der Waals surface area contributed by atoms with Gasteiger partial charge in [-0.1, -0.05) is 36.4 Å². The first-order chi connectivity index (χ1) is 10.3. The molecule has 0 saturated carbocycles. The predicted molar refractivity (Wildman–Crippen MR) is 77.4 cm³/mol. The first-order valence-corrected chi connectivity index (χ1v) is 6.87. The number of para-hydroxylation sites is 2. The molecular weight excluding hydrogens is 264 g/mol. The maximum absolute atomic E-state index is 12.2. The fourth-order valence-corrected chi connectivity index (χ4v) is 3.15. The summed E-state index contributed by atoms with van der Waals surface area (Å²) < 4.78 is 5.89. The molecule has 1 aliphatic carbocycles. The molecule has 1 aliphatic heterocycles. The lowest BCUT2D eigenvalue weighted by Crippen LogP contribution is -2.27. The van der Waals surface area contributed by atoms with E-state index < -0.39 is 5.92 Å².